The standard InChI is InChI=1S/C37H34N2/c1-5-8-12-33(25-38)29-13-9-15-31(20-29)36-22-35(27(4)19-28(6-2)7-3)23-37(24-36)32-16-10-14-30(21-32)34-17-11-18-39-26-34/h5-27H,1-3,38H2,4H3/b12-8-,33-25+. The molecule has 39 heavy (non-hydrogen) atoms. The van der Waals surface area contributed by atoms with Gasteiger partial charge in [-0.1, -0.05) is 118 Å². The van der Waals surface area contributed by atoms with Crippen molar-refractivity contribution in [2.45, 2.75) is 12.8 Å². The zero-order valence-corrected chi connectivity index (χ0v) is 22.4. The zero-order chi connectivity index (χ0) is 27.6. The van der Waals surface area contributed by atoms with Crippen molar-refractivity contribution in [3.05, 3.63) is 170 Å². The molecular weight excluding hydrogens is 472 g/mol. The summed E-state index contributed by atoms with van der Waals surface area (Å²) in [5, 5.41) is 0. The molecule has 0 aliphatic rings. The number of hydrogen-bond acceptors (Lipinski definition) is 2. The minimum atomic E-state index is 0.161. The Bertz CT molecular complexity index is 1560. The molecule has 4 aromatic rings. The van der Waals surface area contributed by atoms with Crippen molar-refractivity contribution >= 4 is 5.57 Å². The Morgan fingerprint density at radius 3 is 2.00 bits per heavy atom. The number of allylic oxidation sites excluding steroid dienone is 8. The van der Waals surface area contributed by atoms with E-state index in [1.54, 1.807) is 18.5 Å². The normalized spacial score (nSPS) is 12.1. The van der Waals surface area contributed by atoms with Crippen molar-refractivity contribution in [3.8, 4) is 33.4 Å². The number of hydrogen-bond donors (Lipinski definition) is 1. The largest absolute Gasteiger partial charge is 0.404 e. The van der Waals surface area contributed by atoms with Gasteiger partial charge in [-0.2, -0.15) is 0 Å². The molecule has 1 heterocycles. The summed E-state index contributed by atoms with van der Waals surface area (Å²) in [5.74, 6) is 0.161. The summed E-state index contributed by atoms with van der Waals surface area (Å²) in [6.07, 6.45) is 16.8. The van der Waals surface area contributed by atoms with Crippen LogP contribution in [-0.2, 0) is 0 Å². The quantitative estimate of drug-likeness (QED) is 0.218. The van der Waals surface area contributed by atoms with E-state index < -0.39 is 0 Å². The maximum Gasteiger partial charge on any atom is 0.0346 e. The summed E-state index contributed by atoms with van der Waals surface area (Å²) in [6.45, 7) is 13.8. The van der Waals surface area contributed by atoms with E-state index in [1.807, 2.05) is 36.6 Å². The van der Waals surface area contributed by atoms with Gasteiger partial charge in [0, 0.05) is 24.2 Å². The number of nitrogens with two attached hydrogens (primary N) is 1. The van der Waals surface area contributed by atoms with Gasteiger partial charge in [0.15, 0.2) is 0 Å². The maximum atomic E-state index is 5.96. The van der Waals surface area contributed by atoms with Crippen LogP contribution in [0.25, 0.3) is 39.0 Å². The third-order valence-electron chi connectivity index (χ3n) is 6.71. The molecule has 4 rings (SSSR count). The topological polar surface area (TPSA) is 38.9 Å². The number of aromatic nitrogens is 1. The molecule has 2 heteroatoms. The van der Waals surface area contributed by atoms with Crippen LogP contribution in [0.1, 0.15) is 24.0 Å². The first-order chi connectivity index (χ1) is 19.1. The highest BCUT2D eigenvalue weighted by molar-refractivity contribution is 5.81. The fourth-order valence-electron chi connectivity index (χ4n) is 4.56. The maximum absolute atomic E-state index is 5.96. The van der Waals surface area contributed by atoms with E-state index in [1.165, 1.54) is 5.56 Å². The van der Waals surface area contributed by atoms with Gasteiger partial charge in [0.05, 0.1) is 0 Å². The van der Waals surface area contributed by atoms with E-state index in [-0.39, 0.29) is 5.92 Å². The average Bonchev–Trinajstić information content (AvgIpc) is 3.00. The van der Waals surface area contributed by atoms with E-state index in [2.05, 4.69) is 111 Å². The van der Waals surface area contributed by atoms with Crippen molar-refractivity contribution in [1.82, 2.24) is 4.98 Å². The second-order valence-electron chi connectivity index (χ2n) is 9.33. The highest BCUT2D eigenvalue weighted by atomic mass is 14.6. The Balaban J connectivity index is 1.87. The van der Waals surface area contributed by atoms with Crippen LogP contribution >= 0.6 is 0 Å². The lowest BCUT2D eigenvalue weighted by molar-refractivity contribution is 0.963. The van der Waals surface area contributed by atoms with E-state index in [0.717, 1.165) is 50.1 Å². The van der Waals surface area contributed by atoms with E-state index in [0.29, 0.717) is 0 Å². The first kappa shape index (κ1) is 27.1. The predicted molar refractivity (Wildman–Crippen MR) is 169 cm³/mol. The smallest absolute Gasteiger partial charge is 0.0346 e. The van der Waals surface area contributed by atoms with Crippen molar-refractivity contribution in [2.24, 2.45) is 5.73 Å². The monoisotopic (exact) mass is 506 g/mol. The molecule has 0 aliphatic carbocycles. The first-order valence-corrected chi connectivity index (χ1v) is 13.0. The molecule has 1 unspecified atom stereocenters. The van der Waals surface area contributed by atoms with E-state index in [9.17, 15) is 0 Å². The van der Waals surface area contributed by atoms with Gasteiger partial charge in [-0.3, -0.25) is 4.98 Å². The summed E-state index contributed by atoms with van der Waals surface area (Å²) in [5.41, 5.74) is 17.0. The lowest BCUT2D eigenvalue weighted by atomic mass is 9.89. The molecule has 1 atom stereocenters. The van der Waals surface area contributed by atoms with Gasteiger partial charge in [0.1, 0.15) is 0 Å². The Kier molecular flexibility index (Phi) is 9.05. The molecule has 0 spiro atoms. The molecule has 3 aromatic carbocycles. The summed E-state index contributed by atoms with van der Waals surface area (Å²) >= 11 is 0. The van der Waals surface area contributed by atoms with Gasteiger partial charge in [0.2, 0.25) is 0 Å². The number of pyridine rings is 1. The number of rotatable bonds is 10. The lowest BCUT2D eigenvalue weighted by Gasteiger charge is -2.16. The van der Waals surface area contributed by atoms with Crippen LogP contribution < -0.4 is 5.73 Å². The molecule has 1 aromatic heterocycles. The van der Waals surface area contributed by atoms with Gasteiger partial charge >= 0.3 is 0 Å². The van der Waals surface area contributed by atoms with Crippen molar-refractivity contribution < 1.29 is 0 Å². The summed E-state index contributed by atoms with van der Waals surface area (Å²) in [7, 11) is 0. The van der Waals surface area contributed by atoms with E-state index in [4.69, 9.17) is 5.73 Å². The van der Waals surface area contributed by atoms with Gasteiger partial charge in [-0.25, -0.2) is 0 Å². The highest BCUT2D eigenvalue weighted by Gasteiger charge is 2.12. The third-order valence-corrected chi connectivity index (χ3v) is 6.71. The molecule has 2 N–H and O–H groups in total. The molecule has 0 amide bonds. The molecule has 0 saturated heterocycles. The Morgan fingerprint density at radius 2 is 1.38 bits per heavy atom. The third kappa shape index (κ3) is 6.68. The van der Waals surface area contributed by atoms with Gasteiger partial charge in [-0.15, -0.1) is 0 Å². The molecule has 0 saturated carbocycles. The highest BCUT2D eigenvalue weighted by Crippen LogP contribution is 2.34. The van der Waals surface area contributed by atoms with Crippen LogP contribution in [0.4, 0.5) is 0 Å². The first-order valence-electron chi connectivity index (χ1n) is 13.0. The van der Waals surface area contributed by atoms with Crippen LogP contribution in [0.15, 0.2) is 159 Å². The van der Waals surface area contributed by atoms with Crippen LogP contribution in [0.5, 0.6) is 0 Å². The van der Waals surface area contributed by atoms with Gasteiger partial charge in [0.25, 0.3) is 0 Å². The molecule has 192 valence electrons. The summed E-state index contributed by atoms with van der Waals surface area (Å²) in [4.78, 5) is 4.30. The number of nitrogens with zero attached hydrogens (tertiary/aromatic N) is 1. The molecule has 0 radical (unpaired) electrons. The fraction of sp³-hybridized carbons (Fsp3) is 0.0541. The molecule has 2 nitrogen and oxygen atoms in total. The van der Waals surface area contributed by atoms with E-state index >= 15 is 0 Å². The Labute approximate surface area is 232 Å². The van der Waals surface area contributed by atoms with Crippen LogP contribution in [0.2, 0.25) is 0 Å². The second-order valence-corrected chi connectivity index (χ2v) is 9.33. The minimum Gasteiger partial charge on any atom is -0.404 e. The predicted octanol–water partition coefficient (Wildman–Crippen LogP) is 9.53. The molecule has 0 aliphatic heterocycles. The van der Waals surface area contributed by atoms with Crippen LogP contribution in [-0.4, -0.2) is 4.98 Å². The van der Waals surface area contributed by atoms with Crippen LogP contribution in [0, 0.1) is 0 Å². The average molecular weight is 507 g/mol. The van der Waals surface area contributed by atoms with Gasteiger partial charge in [-0.05, 0) is 80.3 Å². The minimum absolute atomic E-state index is 0.161. The Morgan fingerprint density at radius 1 is 0.769 bits per heavy atom. The van der Waals surface area contributed by atoms with Crippen molar-refractivity contribution in [3.63, 3.8) is 0 Å². The molecule has 0 bridgehead atoms. The lowest BCUT2D eigenvalue weighted by Crippen LogP contribution is -1.94. The molecule has 0 fully saturated rings. The molecular formula is C37H34N2. The number of benzene rings is 3. The fourth-order valence-corrected chi connectivity index (χ4v) is 4.56. The van der Waals surface area contributed by atoms with Crippen molar-refractivity contribution in [2.75, 3.05) is 0 Å². The Hall–Kier alpha value is -4.95. The summed E-state index contributed by atoms with van der Waals surface area (Å²) < 4.78 is 0. The summed E-state index contributed by atoms with van der Waals surface area (Å²) in [6, 6.07) is 27.9. The van der Waals surface area contributed by atoms with Gasteiger partial charge < -0.3 is 5.73 Å². The second kappa shape index (κ2) is 13.0. The van der Waals surface area contributed by atoms with Crippen LogP contribution in [0.3, 0.4) is 0 Å². The SMILES string of the molecule is C=C/C=C\C(=C/N)c1cccc(-c2cc(-c3cccc(-c4cccnc4)c3)cc(C(C)C=C(C=C)C=C)c2)c1. The van der Waals surface area contributed by atoms with Crippen molar-refractivity contribution in [1.29, 1.82) is 0 Å². The zero-order valence-electron chi connectivity index (χ0n) is 22.4.